The van der Waals surface area contributed by atoms with Gasteiger partial charge in [-0.15, -0.1) is 0 Å². The van der Waals surface area contributed by atoms with Crippen LogP contribution in [0.25, 0.3) is 0 Å². The molecular formula is C11H19N3O3. The predicted molar refractivity (Wildman–Crippen MR) is 61.1 cm³/mol. The molecule has 1 saturated carbocycles. The van der Waals surface area contributed by atoms with Crippen LogP contribution in [-0.2, 0) is 14.3 Å². The fraction of sp³-hybridized carbons (Fsp3) is 0.818. The Bertz CT molecular complexity index is 309. The van der Waals surface area contributed by atoms with E-state index in [9.17, 15) is 9.59 Å². The van der Waals surface area contributed by atoms with E-state index >= 15 is 0 Å². The van der Waals surface area contributed by atoms with Crippen molar-refractivity contribution < 1.29 is 14.3 Å². The molecule has 2 fully saturated rings. The van der Waals surface area contributed by atoms with Gasteiger partial charge in [0.2, 0.25) is 11.8 Å². The molecule has 0 radical (unpaired) electrons. The lowest BCUT2D eigenvalue weighted by Crippen LogP contribution is -2.55. The first-order chi connectivity index (χ1) is 8.12. The monoisotopic (exact) mass is 241 g/mol. The van der Waals surface area contributed by atoms with Crippen LogP contribution in [0.3, 0.4) is 0 Å². The molecule has 4 N–H and O–H groups in total. The van der Waals surface area contributed by atoms with Crippen LogP contribution in [0.2, 0.25) is 0 Å². The van der Waals surface area contributed by atoms with E-state index < -0.39 is 5.54 Å². The molecule has 2 rings (SSSR count). The van der Waals surface area contributed by atoms with E-state index in [1.54, 1.807) is 0 Å². The highest BCUT2D eigenvalue weighted by Gasteiger charge is 2.38. The summed E-state index contributed by atoms with van der Waals surface area (Å²) in [6.45, 7) is 1.67. The minimum atomic E-state index is -0.888. The molecule has 0 spiro atoms. The van der Waals surface area contributed by atoms with Gasteiger partial charge >= 0.3 is 0 Å². The number of carbonyl (C=O) groups is 2. The molecule has 1 aliphatic heterocycles. The maximum Gasteiger partial charge on any atom is 0.242 e. The van der Waals surface area contributed by atoms with Crippen molar-refractivity contribution in [2.75, 3.05) is 26.3 Å². The van der Waals surface area contributed by atoms with Crippen LogP contribution in [-0.4, -0.2) is 43.7 Å². The van der Waals surface area contributed by atoms with Gasteiger partial charge in [0.25, 0.3) is 0 Å². The van der Waals surface area contributed by atoms with Gasteiger partial charge in [-0.25, -0.2) is 0 Å². The van der Waals surface area contributed by atoms with E-state index in [0.717, 1.165) is 12.8 Å². The minimum Gasteiger partial charge on any atom is -0.379 e. The Morgan fingerprint density at radius 1 is 1.29 bits per heavy atom. The number of carbonyl (C=O) groups excluding carboxylic acids is 2. The highest BCUT2D eigenvalue weighted by atomic mass is 16.5. The lowest BCUT2D eigenvalue weighted by Gasteiger charge is -2.20. The Morgan fingerprint density at radius 3 is 2.59 bits per heavy atom. The van der Waals surface area contributed by atoms with Gasteiger partial charge in [-0.3, -0.25) is 9.59 Å². The molecule has 1 aliphatic carbocycles. The van der Waals surface area contributed by atoms with E-state index in [0.29, 0.717) is 26.1 Å². The zero-order valence-electron chi connectivity index (χ0n) is 9.83. The van der Waals surface area contributed by atoms with Crippen molar-refractivity contribution in [1.29, 1.82) is 0 Å². The number of rotatable bonds is 5. The molecule has 0 bridgehead atoms. The largest absolute Gasteiger partial charge is 0.379 e. The second-order valence-corrected chi connectivity index (χ2v) is 4.78. The summed E-state index contributed by atoms with van der Waals surface area (Å²) >= 11 is 0. The van der Waals surface area contributed by atoms with Crippen molar-refractivity contribution in [3.8, 4) is 0 Å². The summed E-state index contributed by atoms with van der Waals surface area (Å²) in [6, 6.07) is 0. The lowest BCUT2D eigenvalue weighted by atomic mass is 9.99. The molecule has 1 unspecified atom stereocenters. The van der Waals surface area contributed by atoms with E-state index in [1.165, 1.54) is 0 Å². The standard InChI is InChI=1S/C11H19N3O3/c12-11(3-6-17-7-11)10(16)14-5-4-13-9(15)8-1-2-8/h8H,1-7,12H2,(H,13,15)(H,14,16). The molecule has 1 atom stereocenters. The zero-order chi connectivity index (χ0) is 12.3. The molecule has 0 aromatic heterocycles. The first-order valence-corrected chi connectivity index (χ1v) is 6.04. The molecule has 17 heavy (non-hydrogen) atoms. The molecule has 2 aliphatic rings. The van der Waals surface area contributed by atoms with Crippen LogP contribution >= 0.6 is 0 Å². The number of hydrogen-bond acceptors (Lipinski definition) is 4. The lowest BCUT2D eigenvalue weighted by molar-refractivity contribution is -0.127. The third-order valence-corrected chi connectivity index (χ3v) is 3.16. The highest BCUT2D eigenvalue weighted by Crippen LogP contribution is 2.28. The molecule has 0 aromatic carbocycles. The summed E-state index contributed by atoms with van der Waals surface area (Å²) in [5.41, 5.74) is 4.99. The van der Waals surface area contributed by atoms with E-state index in [2.05, 4.69) is 10.6 Å². The Morgan fingerprint density at radius 2 is 2.00 bits per heavy atom. The van der Waals surface area contributed by atoms with E-state index in [-0.39, 0.29) is 24.3 Å². The van der Waals surface area contributed by atoms with Gasteiger partial charge in [0.1, 0.15) is 5.54 Å². The smallest absolute Gasteiger partial charge is 0.242 e. The molecule has 1 heterocycles. The normalized spacial score (nSPS) is 27.8. The summed E-state index contributed by atoms with van der Waals surface area (Å²) in [5.74, 6) is 0.0939. The van der Waals surface area contributed by atoms with Gasteiger partial charge in [0, 0.05) is 25.6 Å². The van der Waals surface area contributed by atoms with Crippen LogP contribution in [0.1, 0.15) is 19.3 Å². The summed E-state index contributed by atoms with van der Waals surface area (Å²) in [6.07, 6.45) is 2.52. The molecular weight excluding hydrogens is 222 g/mol. The zero-order valence-corrected chi connectivity index (χ0v) is 9.83. The fourth-order valence-corrected chi connectivity index (χ4v) is 1.79. The average Bonchev–Trinajstić information content (AvgIpc) is 3.07. The van der Waals surface area contributed by atoms with Crippen molar-refractivity contribution in [2.24, 2.45) is 11.7 Å². The number of ether oxygens (including phenoxy) is 1. The molecule has 2 amide bonds. The molecule has 1 saturated heterocycles. The average molecular weight is 241 g/mol. The molecule has 6 heteroatoms. The number of nitrogens with two attached hydrogens (primary N) is 1. The number of amides is 2. The fourth-order valence-electron chi connectivity index (χ4n) is 1.79. The van der Waals surface area contributed by atoms with Crippen molar-refractivity contribution >= 4 is 11.8 Å². The molecule has 6 nitrogen and oxygen atoms in total. The Hall–Kier alpha value is -1.14. The van der Waals surface area contributed by atoms with Crippen LogP contribution in [0, 0.1) is 5.92 Å². The maximum atomic E-state index is 11.7. The van der Waals surface area contributed by atoms with E-state index in [1.807, 2.05) is 0 Å². The Balaban J connectivity index is 1.61. The van der Waals surface area contributed by atoms with Gasteiger partial charge in [0.15, 0.2) is 0 Å². The highest BCUT2D eigenvalue weighted by molar-refractivity contribution is 5.86. The van der Waals surface area contributed by atoms with Crippen LogP contribution < -0.4 is 16.4 Å². The van der Waals surface area contributed by atoms with E-state index in [4.69, 9.17) is 10.5 Å². The van der Waals surface area contributed by atoms with Crippen LogP contribution in [0.4, 0.5) is 0 Å². The van der Waals surface area contributed by atoms with Gasteiger partial charge in [0.05, 0.1) is 6.61 Å². The summed E-state index contributed by atoms with van der Waals surface area (Å²) in [5, 5.41) is 5.50. The topological polar surface area (TPSA) is 93.5 Å². The van der Waals surface area contributed by atoms with Crippen molar-refractivity contribution in [3.05, 3.63) is 0 Å². The summed E-state index contributed by atoms with van der Waals surface area (Å²) < 4.78 is 5.11. The van der Waals surface area contributed by atoms with Crippen molar-refractivity contribution in [2.45, 2.75) is 24.8 Å². The van der Waals surface area contributed by atoms with Gasteiger partial charge in [-0.1, -0.05) is 0 Å². The Kier molecular flexibility index (Phi) is 3.63. The maximum absolute atomic E-state index is 11.7. The molecule has 96 valence electrons. The SMILES string of the molecule is NC1(C(=O)NCCNC(=O)C2CC2)CCOC1. The Labute approximate surface area is 100 Å². The predicted octanol–water partition coefficient (Wildman–Crippen LogP) is -1.25. The second-order valence-electron chi connectivity index (χ2n) is 4.78. The quantitative estimate of drug-likeness (QED) is 0.524. The van der Waals surface area contributed by atoms with Gasteiger partial charge in [-0.2, -0.15) is 0 Å². The second kappa shape index (κ2) is 5.01. The van der Waals surface area contributed by atoms with Crippen molar-refractivity contribution in [1.82, 2.24) is 10.6 Å². The first kappa shape index (κ1) is 12.3. The molecule has 0 aromatic rings. The summed E-state index contributed by atoms with van der Waals surface area (Å²) in [7, 11) is 0. The third-order valence-electron chi connectivity index (χ3n) is 3.16. The van der Waals surface area contributed by atoms with Crippen LogP contribution in [0.15, 0.2) is 0 Å². The first-order valence-electron chi connectivity index (χ1n) is 6.04. The number of nitrogens with one attached hydrogen (secondary N) is 2. The third kappa shape index (κ3) is 3.17. The van der Waals surface area contributed by atoms with Crippen molar-refractivity contribution in [3.63, 3.8) is 0 Å². The summed E-state index contributed by atoms with van der Waals surface area (Å²) in [4.78, 5) is 23.0. The van der Waals surface area contributed by atoms with Crippen LogP contribution in [0.5, 0.6) is 0 Å². The minimum absolute atomic E-state index is 0.0888. The van der Waals surface area contributed by atoms with Gasteiger partial charge in [-0.05, 0) is 19.3 Å². The van der Waals surface area contributed by atoms with Gasteiger partial charge < -0.3 is 21.1 Å². The number of hydrogen-bond donors (Lipinski definition) is 3.